The number of carbonyl (C=O) groups is 4. The third-order valence-electron chi connectivity index (χ3n) is 11.6. The fourth-order valence-electron chi connectivity index (χ4n) is 8.36. The van der Waals surface area contributed by atoms with Gasteiger partial charge in [-0.25, -0.2) is 25.4 Å². The second-order valence-electron chi connectivity index (χ2n) is 16.0. The van der Waals surface area contributed by atoms with Gasteiger partial charge >= 0.3 is 0 Å². The van der Waals surface area contributed by atoms with Gasteiger partial charge in [-0.2, -0.15) is 0 Å². The van der Waals surface area contributed by atoms with E-state index in [9.17, 15) is 36.0 Å². The van der Waals surface area contributed by atoms with Crippen molar-refractivity contribution in [3.63, 3.8) is 0 Å². The summed E-state index contributed by atoms with van der Waals surface area (Å²) in [6.07, 6.45) is 13.2. The molecule has 0 spiro atoms. The Morgan fingerprint density at radius 2 is 1.34 bits per heavy atom. The summed E-state index contributed by atoms with van der Waals surface area (Å²) in [4.78, 5) is 56.8. The maximum atomic E-state index is 13.9. The molecule has 1 atom stereocenters. The quantitative estimate of drug-likeness (QED) is 0.0868. The Morgan fingerprint density at radius 3 is 1.98 bits per heavy atom. The minimum atomic E-state index is -4.04. The van der Waals surface area contributed by atoms with Gasteiger partial charge in [-0.3, -0.25) is 29.5 Å². The summed E-state index contributed by atoms with van der Waals surface area (Å²) in [7, 11) is -8.03. The summed E-state index contributed by atoms with van der Waals surface area (Å²) in [5.41, 5.74) is 2.61. The lowest BCUT2D eigenvalue weighted by Gasteiger charge is -2.34. The normalized spacial score (nSPS) is 18.5. The molecule has 1 aromatic heterocycles. The standard InChI is InChI=1S/C28H29N3O3S.C21H19N3O5S/c1-2-3-18-30-28(32)26(27(35(30,33)34)21-10-6-4-7-11-21)31(24-12-8-5-9-13-24)25-15-14-23-20-29-17-16-22(23)19-25;1-2-3-11-24-21(27)17(18(30(24,28)29)13-7-5-4-6-8-13)22-14-9-10-15-16(12-14)20(26)23-19(15)25/h4,6-8,10-12,14-17,19-20,24H,2-3,5,9,13,18H2,1H3;4-10,12,22H,2-3,11H2,1H3,(H,23,25,26). The van der Waals surface area contributed by atoms with Crippen molar-refractivity contribution in [2.24, 2.45) is 0 Å². The maximum absolute atomic E-state index is 13.9. The molecule has 2 N–H and O–H groups in total. The third-order valence-corrected chi connectivity index (χ3v) is 15.4. The lowest BCUT2D eigenvalue weighted by Crippen LogP contribution is -2.40. The minimum absolute atomic E-state index is 0.0815. The molecule has 1 unspecified atom stereocenters. The van der Waals surface area contributed by atoms with E-state index in [0.717, 1.165) is 57.2 Å². The van der Waals surface area contributed by atoms with Gasteiger partial charge in [0.15, 0.2) is 0 Å². The fraction of sp³-hybridized carbons (Fsp3) is 0.245. The molecule has 5 aromatic rings. The molecule has 65 heavy (non-hydrogen) atoms. The molecule has 4 aromatic carbocycles. The van der Waals surface area contributed by atoms with E-state index in [1.165, 1.54) is 18.2 Å². The number of sulfonamides is 2. The highest BCUT2D eigenvalue weighted by molar-refractivity contribution is 8.00. The van der Waals surface area contributed by atoms with Crippen LogP contribution in [0.2, 0.25) is 0 Å². The molecule has 0 saturated carbocycles. The number of amides is 4. The van der Waals surface area contributed by atoms with Crippen LogP contribution >= 0.6 is 0 Å². The van der Waals surface area contributed by atoms with Crippen LogP contribution in [-0.2, 0) is 29.6 Å². The lowest BCUT2D eigenvalue weighted by atomic mass is 9.98. The van der Waals surface area contributed by atoms with Crippen molar-refractivity contribution < 1.29 is 36.0 Å². The summed E-state index contributed by atoms with van der Waals surface area (Å²) < 4.78 is 56.0. The lowest BCUT2D eigenvalue weighted by molar-refractivity contribution is -0.123. The zero-order chi connectivity index (χ0) is 45.9. The molecule has 0 fully saturated rings. The van der Waals surface area contributed by atoms with Gasteiger partial charge in [-0.1, -0.05) is 106 Å². The van der Waals surface area contributed by atoms with Crippen molar-refractivity contribution >= 4 is 75.6 Å². The van der Waals surface area contributed by atoms with Crippen LogP contribution in [0.1, 0.15) is 90.6 Å². The number of unbranched alkanes of at least 4 members (excludes halogenated alkanes) is 2. The van der Waals surface area contributed by atoms with Crippen LogP contribution in [0, 0.1) is 0 Å². The van der Waals surface area contributed by atoms with E-state index in [4.69, 9.17) is 0 Å². The molecule has 14 nitrogen and oxygen atoms in total. The van der Waals surface area contributed by atoms with Crippen LogP contribution in [0.15, 0.2) is 139 Å². The van der Waals surface area contributed by atoms with Gasteiger partial charge in [-0.15, -0.1) is 0 Å². The number of hydrogen-bond donors (Lipinski definition) is 2. The van der Waals surface area contributed by atoms with Crippen LogP contribution < -0.4 is 15.5 Å². The molecule has 16 heteroatoms. The van der Waals surface area contributed by atoms with Crippen molar-refractivity contribution in [2.45, 2.75) is 64.8 Å². The van der Waals surface area contributed by atoms with Crippen LogP contribution in [-0.4, -0.2) is 73.2 Å². The van der Waals surface area contributed by atoms with E-state index >= 15 is 0 Å². The summed E-state index contributed by atoms with van der Waals surface area (Å²) in [5.74, 6) is -2.13. The number of imide groups is 1. The first-order valence-electron chi connectivity index (χ1n) is 21.7. The number of benzene rings is 4. The molecule has 0 bridgehead atoms. The molecule has 0 saturated heterocycles. The highest BCUT2D eigenvalue weighted by atomic mass is 32.2. The topological polar surface area (TPSA) is 183 Å². The van der Waals surface area contributed by atoms with Crippen LogP contribution in [0.3, 0.4) is 0 Å². The Bertz CT molecular complexity index is 3030. The molecule has 1 aliphatic carbocycles. The van der Waals surface area contributed by atoms with Gasteiger partial charge in [0, 0.05) is 42.2 Å². The molecule has 9 rings (SSSR count). The van der Waals surface area contributed by atoms with Gasteiger partial charge in [0.1, 0.15) is 21.2 Å². The number of pyridine rings is 1. The molecule has 4 heterocycles. The highest BCUT2D eigenvalue weighted by Gasteiger charge is 2.48. The van der Waals surface area contributed by atoms with E-state index < -0.39 is 43.7 Å². The first-order chi connectivity index (χ1) is 31.4. The maximum Gasteiger partial charge on any atom is 0.285 e. The number of nitrogens with one attached hydrogen (secondary N) is 2. The number of hydrogen-bond acceptors (Lipinski definition) is 11. The Labute approximate surface area is 378 Å². The van der Waals surface area contributed by atoms with Crippen LogP contribution in [0.5, 0.6) is 0 Å². The van der Waals surface area contributed by atoms with Crippen molar-refractivity contribution in [3.8, 4) is 0 Å². The molecule has 0 radical (unpaired) electrons. The highest BCUT2D eigenvalue weighted by Crippen LogP contribution is 2.42. The van der Waals surface area contributed by atoms with E-state index in [2.05, 4.69) is 27.8 Å². The average Bonchev–Trinajstić information content (AvgIpc) is 3.79. The molecular weight excluding hydrogens is 865 g/mol. The number of anilines is 2. The van der Waals surface area contributed by atoms with E-state index in [1.807, 2.05) is 61.2 Å². The zero-order valence-corrected chi connectivity index (χ0v) is 37.6. The molecule has 4 aliphatic rings. The summed E-state index contributed by atoms with van der Waals surface area (Å²) in [6.45, 7) is 4.16. The van der Waals surface area contributed by atoms with Gasteiger partial charge < -0.3 is 10.2 Å². The summed E-state index contributed by atoms with van der Waals surface area (Å²) >= 11 is 0. The number of fused-ring (bicyclic) bond motifs is 2. The Balaban J connectivity index is 0.000000179. The number of allylic oxidation sites excluding steroid dienone is 1. The number of rotatable bonds is 13. The van der Waals surface area contributed by atoms with Crippen LogP contribution in [0.25, 0.3) is 20.6 Å². The summed E-state index contributed by atoms with van der Waals surface area (Å²) in [6, 6.07) is 29.6. The van der Waals surface area contributed by atoms with Crippen molar-refractivity contribution in [1.29, 1.82) is 0 Å². The third kappa shape index (κ3) is 8.58. The van der Waals surface area contributed by atoms with Crippen molar-refractivity contribution in [2.75, 3.05) is 23.3 Å². The van der Waals surface area contributed by atoms with Crippen molar-refractivity contribution in [3.05, 3.63) is 161 Å². The second kappa shape index (κ2) is 18.7. The SMILES string of the molecule is CCCCN1C(=O)C(N(c2ccc3cnccc3c2)C2C=CCCC2)=C(c2ccccc2)S1(=O)=O.CCCCN1C(=O)C(Nc2ccc3c(c2)C(=O)NC3=O)=C(c2ccccc2)S1(=O)=O. The van der Waals surface area contributed by atoms with E-state index in [1.54, 1.807) is 54.9 Å². The largest absolute Gasteiger partial charge is 0.350 e. The van der Waals surface area contributed by atoms with Gasteiger partial charge in [0.25, 0.3) is 43.7 Å². The van der Waals surface area contributed by atoms with Gasteiger partial charge in [-0.05, 0) is 85.0 Å². The van der Waals surface area contributed by atoms with E-state index in [0.29, 0.717) is 29.7 Å². The Hall–Kier alpha value is -6.91. The molecule has 334 valence electrons. The zero-order valence-electron chi connectivity index (χ0n) is 35.9. The molecular formula is C49H48N6O8S2. The molecule has 4 amide bonds. The fourth-order valence-corrected chi connectivity index (χ4v) is 11.8. The molecule has 3 aliphatic heterocycles. The average molecular weight is 913 g/mol. The van der Waals surface area contributed by atoms with Gasteiger partial charge in [0.05, 0.1) is 17.2 Å². The smallest absolute Gasteiger partial charge is 0.285 e. The Kier molecular flexibility index (Phi) is 12.8. The predicted octanol–water partition coefficient (Wildman–Crippen LogP) is 7.81. The van der Waals surface area contributed by atoms with E-state index in [-0.39, 0.29) is 51.5 Å². The van der Waals surface area contributed by atoms with Crippen molar-refractivity contribution in [1.82, 2.24) is 18.9 Å². The van der Waals surface area contributed by atoms with Crippen LogP contribution in [0.4, 0.5) is 11.4 Å². The summed E-state index contributed by atoms with van der Waals surface area (Å²) in [5, 5.41) is 7.06. The first kappa shape index (κ1) is 44.7. The first-order valence-corrected chi connectivity index (χ1v) is 24.5. The number of carbonyl (C=O) groups excluding carboxylic acids is 4. The van der Waals surface area contributed by atoms with Gasteiger partial charge in [0.2, 0.25) is 0 Å². The monoisotopic (exact) mass is 912 g/mol. The number of aromatic nitrogens is 1. The Morgan fingerprint density at radius 1 is 0.708 bits per heavy atom. The minimum Gasteiger partial charge on any atom is -0.350 e. The number of nitrogens with zero attached hydrogens (tertiary/aromatic N) is 4. The second-order valence-corrected chi connectivity index (χ2v) is 19.6. The predicted molar refractivity (Wildman–Crippen MR) is 251 cm³/mol.